The molecule has 1 saturated carbocycles. The number of carbonyl (C=O) groups is 3. The van der Waals surface area contributed by atoms with Crippen molar-refractivity contribution in [3.05, 3.63) is 64.7 Å². The van der Waals surface area contributed by atoms with Gasteiger partial charge in [-0.2, -0.15) is 0 Å². The Bertz CT molecular complexity index is 1380. The van der Waals surface area contributed by atoms with Gasteiger partial charge in [0.2, 0.25) is 5.91 Å². The van der Waals surface area contributed by atoms with Gasteiger partial charge in [-0.3, -0.25) is 9.59 Å². The molecule has 4 atom stereocenters. The standard InChI is InChI=1S/C26H26ClFN4O5/c1-14(33)18-11-31(25-16(18)6-4-8-29-25)12-22(34)32-21-9-15(21)10-23(32)37-26(35)30-20(13-36-2)17-5-3-7-19(27)24(17)28/h3-8,11,15,20-21,23H,9-10,12-13H2,1-2H3,(H,30,35)/t15-,20-,21-,23+/m1/s1. The Labute approximate surface area is 217 Å². The van der Waals surface area contributed by atoms with E-state index < -0.39 is 24.2 Å². The predicted octanol–water partition coefficient (Wildman–Crippen LogP) is 4.09. The highest BCUT2D eigenvalue weighted by Gasteiger charge is 2.55. The summed E-state index contributed by atoms with van der Waals surface area (Å²) in [7, 11) is 1.44. The zero-order chi connectivity index (χ0) is 26.3. The molecule has 2 fully saturated rings. The van der Waals surface area contributed by atoms with Crippen molar-refractivity contribution in [2.45, 2.75) is 44.6 Å². The van der Waals surface area contributed by atoms with E-state index in [1.165, 1.54) is 26.2 Å². The average molecular weight is 529 g/mol. The molecule has 2 aliphatic rings. The number of nitrogens with zero attached hydrogens (tertiary/aromatic N) is 3. The smallest absolute Gasteiger partial charge is 0.409 e. The summed E-state index contributed by atoms with van der Waals surface area (Å²) in [5.74, 6) is -0.751. The molecule has 0 unspecified atom stereocenters. The summed E-state index contributed by atoms with van der Waals surface area (Å²) in [5, 5.41) is 3.24. The normalized spacial score (nSPS) is 21.0. The van der Waals surface area contributed by atoms with Crippen molar-refractivity contribution in [2.24, 2.45) is 5.92 Å². The lowest BCUT2D eigenvalue weighted by molar-refractivity contribution is -0.140. The van der Waals surface area contributed by atoms with Crippen LogP contribution >= 0.6 is 11.6 Å². The first-order chi connectivity index (χ1) is 17.8. The van der Waals surface area contributed by atoms with Crippen LogP contribution in [0.5, 0.6) is 0 Å². The van der Waals surface area contributed by atoms with Gasteiger partial charge in [-0.25, -0.2) is 14.2 Å². The summed E-state index contributed by atoms with van der Waals surface area (Å²) in [6, 6.07) is 7.20. The van der Waals surface area contributed by atoms with E-state index in [-0.39, 0.29) is 47.4 Å². The van der Waals surface area contributed by atoms with Crippen LogP contribution in [-0.4, -0.2) is 58.2 Å². The third-order valence-corrected chi connectivity index (χ3v) is 7.18. The maximum Gasteiger partial charge on any atom is 0.409 e. The molecule has 3 heterocycles. The highest BCUT2D eigenvalue weighted by molar-refractivity contribution is 6.30. The summed E-state index contributed by atoms with van der Waals surface area (Å²) < 4.78 is 27.0. The van der Waals surface area contributed by atoms with Crippen molar-refractivity contribution in [1.29, 1.82) is 0 Å². The quantitative estimate of drug-likeness (QED) is 0.442. The molecule has 3 aromatic rings. The molecular formula is C26H26ClFN4O5. The molecule has 0 bridgehead atoms. The van der Waals surface area contributed by atoms with Crippen LogP contribution in [0.2, 0.25) is 5.02 Å². The molecular weight excluding hydrogens is 503 g/mol. The minimum Gasteiger partial charge on any atom is -0.425 e. The molecule has 1 aliphatic carbocycles. The topological polar surface area (TPSA) is 103 Å². The molecule has 0 radical (unpaired) electrons. The van der Waals surface area contributed by atoms with Crippen LogP contribution in [0.25, 0.3) is 11.0 Å². The third-order valence-electron chi connectivity index (χ3n) is 6.89. The van der Waals surface area contributed by atoms with Crippen LogP contribution in [0.4, 0.5) is 9.18 Å². The summed E-state index contributed by atoms with van der Waals surface area (Å²) in [6.07, 6.45) is 3.05. The Morgan fingerprint density at radius 1 is 1.24 bits per heavy atom. The molecule has 194 valence electrons. The van der Waals surface area contributed by atoms with Crippen molar-refractivity contribution in [3.63, 3.8) is 0 Å². The Morgan fingerprint density at radius 3 is 2.81 bits per heavy atom. The van der Waals surface area contributed by atoms with Crippen LogP contribution in [0.3, 0.4) is 0 Å². The van der Waals surface area contributed by atoms with E-state index in [1.807, 2.05) is 0 Å². The molecule has 1 aliphatic heterocycles. The van der Waals surface area contributed by atoms with Crippen LogP contribution < -0.4 is 5.32 Å². The van der Waals surface area contributed by atoms with Crippen molar-refractivity contribution in [1.82, 2.24) is 19.8 Å². The number of hydrogen-bond donors (Lipinski definition) is 1. The largest absolute Gasteiger partial charge is 0.425 e. The molecule has 5 rings (SSSR count). The number of hydrogen-bond acceptors (Lipinski definition) is 6. The molecule has 11 heteroatoms. The molecule has 0 spiro atoms. The van der Waals surface area contributed by atoms with Crippen LogP contribution in [-0.2, 0) is 20.8 Å². The van der Waals surface area contributed by atoms with Gasteiger partial charge in [-0.1, -0.05) is 23.7 Å². The maximum atomic E-state index is 14.6. The van der Waals surface area contributed by atoms with Crippen LogP contribution in [0, 0.1) is 11.7 Å². The number of pyridine rings is 1. The van der Waals surface area contributed by atoms with Gasteiger partial charge in [0.1, 0.15) is 18.0 Å². The lowest BCUT2D eigenvalue weighted by Crippen LogP contribution is -2.45. The van der Waals surface area contributed by atoms with Gasteiger partial charge in [0.15, 0.2) is 12.0 Å². The number of ketones is 1. The number of halogens is 2. The maximum absolute atomic E-state index is 14.6. The zero-order valence-corrected chi connectivity index (χ0v) is 21.1. The molecule has 1 N–H and O–H groups in total. The Hall–Kier alpha value is -3.50. The van der Waals surface area contributed by atoms with Gasteiger partial charge in [-0.15, -0.1) is 0 Å². The van der Waals surface area contributed by atoms with Crippen LogP contribution in [0.15, 0.2) is 42.7 Å². The highest BCUT2D eigenvalue weighted by Crippen LogP contribution is 2.48. The van der Waals surface area contributed by atoms with E-state index in [9.17, 15) is 18.8 Å². The predicted molar refractivity (Wildman–Crippen MR) is 133 cm³/mol. The number of fused-ring (bicyclic) bond motifs is 2. The number of nitrogens with one attached hydrogen (secondary N) is 1. The van der Waals surface area contributed by atoms with Gasteiger partial charge in [-0.05, 0) is 37.5 Å². The number of likely N-dealkylation sites (tertiary alicyclic amines) is 1. The highest BCUT2D eigenvalue weighted by atomic mass is 35.5. The minimum atomic E-state index is -0.835. The van der Waals surface area contributed by atoms with Gasteiger partial charge < -0.3 is 24.3 Å². The Balaban J connectivity index is 1.30. The van der Waals surface area contributed by atoms with E-state index in [2.05, 4.69) is 10.3 Å². The molecule has 1 aromatic carbocycles. The van der Waals surface area contributed by atoms with E-state index in [4.69, 9.17) is 21.1 Å². The fraction of sp³-hybridized carbons (Fsp3) is 0.385. The number of amides is 2. The molecule has 2 aromatic heterocycles. The minimum absolute atomic E-state index is 0.00287. The van der Waals surface area contributed by atoms with Crippen molar-refractivity contribution in [3.8, 4) is 0 Å². The SMILES string of the molecule is COC[C@@H](NC(=O)O[C@H]1C[C@H]2C[C@H]2N1C(=O)Cn1cc(C(C)=O)c2cccnc21)c1cccc(Cl)c1F. The lowest BCUT2D eigenvalue weighted by Gasteiger charge is -2.28. The second kappa shape index (κ2) is 10.1. The number of benzene rings is 1. The number of carbonyl (C=O) groups excluding carboxylic acids is 3. The zero-order valence-electron chi connectivity index (χ0n) is 20.3. The van der Waals surface area contributed by atoms with E-state index >= 15 is 0 Å². The molecule has 9 nitrogen and oxygen atoms in total. The summed E-state index contributed by atoms with van der Waals surface area (Å²) in [6.45, 7) is 1.42. The number of methoxy groups -OCH3 is 1. The number of piperidine rings is 1. The number of aromatic nitrogens is 2. The van der Waals surface area contributed by atoms with Gasteiger partial charge in [0.25, 0.3) is 0 Å². The number of ether oxygens (including phenoxy) is 2. The Morgan fingerprint density at radius 2 is 2.05 bits per heavy atom. The summed E-state index contributed by atoms with van der Waals surface area (Å²) in [4.78, 5) is 44.2. The fourth-order valence-corrected chi connectivity index (χ4v) is 5.26. The second-order valence-corrected chi connectivity index (χ2v) is 9.76. The molecule has 1 saturated heterocycles. The average Bonchev–Trinajstić information content (AvgIpc) is 3.37. The molecule has 2 amide bonds. The lowest BCUT2D eigenvalue weighted by atomic mass is 10.1. The van der Waals surface area contributed by atoms with E-state index in [0.717, 1.165) is 6.42 Å². The van der Waals surface area contributed by atoms with Crippen molar-refractivity contribution >= 4 is 40.4 Å². The van der Waals surface area contributed by atoms with E-state index in [0.29, 0.717) is 23.0 Å². The number of rotatable bonds is 8. The summed E-state index contributed by atoms with van der Waals surface area (Å²) >= 11 is 5.90. The van der Waals surface area contributed by atoms with Crippen molar-refractivity contribution < 1.29 is 28.2 Å². The number of Topliss-reactive ketones (excluding diaryl/α,β-unsaturated/α-hetero) is 1. The Kier molecular flexibility index (Phi) is 6.87. The summed E-state index contributed by atoms with van der Waals surface area (Å²) in [5.41, 5.74) is 1.20. The molecule has 37 heavy (non-hydrogen) atoms. The van der Waals surface area contributed by atoms with Gasteiger partial charge in [0.05, 0.1) is 17.7 Å². The first-order valence-electron chi connectivity index (χ1n) is 11.9. The van der Waals surface area contributed by atoms with Crippen molar-refractivity contribution in [2.75, 3.05) is 13.7 Å². The number of alkyl carbamates (subject to hydrolysis) is 1. The van der Waals surface area contributed by atoms with Gasteiger partial charge in [0, 0.05) is 48.5 Å². The second-order valence-electron chi connectivity index (χ2n) is 9.36. The fourth-order valence-electron chi connectivity index (χ4n) is 5.08. The third kappa shape index (κ3) is 4.91. The van der Waals surface area contributed by atoms with Crippen LogP contribution in [0.1, 0.15) is 41.7 Å². The van der Waals surface area contributed by atoms with E-state index in [1.54, 1.807) is 40.1 Å². The monoisotopic (exact) mass is 528 g/mol. The van der Waals surface area contributed by atoms with Gasteiger partial charge >= 0.3 is 6.09 Å². The first-order valence-corrected chi connectivity index (χ1v) is 12.3. The first kappa shape index (κ1) is 25.2.